The van der Waals surface area contributed by atoms with Crippen LogP contribution in [-0.4, -0.2) is 49.9 Å². The highest BCUT2D eigenvalue weighted by molar-refractivity contribution is 7.07. The Bertz CT molecular complexity index is 982. The van der Waals surface area contributed by atoms with Gasteiger partial charge in [-0.25, -0.2) is 15.0 Å². The third kappa shape index (κ3) is 3.98. The minimum atomic E-state index is 0.0258. The number of likely N-dealkylation sites (tertiary alicyclic amines) is 1. The Kier molecular flexibility index (Phi) is 4.93. The molecule has 3 aromatic heterocycles. The SMILES string of the molecule is O=C(c1cscn1)N1CCC(c2nc(NC3CC3)ncc2-c2ccncc2)CC1. The van der Waals surface area contributed by atoms with E-state index in [-0.39, 0.29) is 5.91 Å². The van der Waals surface area contributed by atoms with Crippen LogP contribution in [0.3, 0.4) is 0 Å². The van der Waals surface area contributed by atoms with Crippen LogP contribution in [0.1, 0.15) is 47.8 Å². The molecule has 0 unspecified atom stereocenters. The first kappa shape index (κ1) is 18.2. The van der Waals surface area contributed by atoms with Crippen LogP contribution >= 0.6 is 11.3 Å². The lowest BCUT2D eigenvalue weighted by atomic mass is 9.89. The van der Waals surface area contributed by atoms with Gasteiger partial charge < -0.3 is 10.2 Å². The fourth-order valence-corrected chi connectivity index (χ4v) is 4.30. The van der Waals surface area contributed by atoms with Crippen molar-refractivity contribution in [3.05, 3.63) is 53.0 Å². The van der Waals surface area contributed by atoms with E-state index < -0.39 is 0 Å². The van der Waals surface area contributed by atoms with Crippen LogP contribution in [0.25, 0.3) is 11.1 Å². The molecule has 3 aromatic rings. The number of piperidine rings is 1. The van der Waals surface area contributed by atoms with E-state index in [0.717, 1.165) is 29.7 Å². The molecule has 1 amide bonds. The molecule has 0 atom stereocenters. The van der Waals surface area contributed by atoms with E-state index in [1.54, 1.807) is 17.9 Å². The molecule has 1 saturated carbocycles. The molecule has 0 radical (unpaired) electrons. The highest BCUT2D eigenvalue weighted by atomic mass is 32.1. The summed E-state index contributed by atoms with van der Waals surface area (Å²) in [7, 11) is 0. The van der Waals surface area contributed by atoms with Crippen LogP contribution in [-0.2, 0) is 0 Å². The van der Waals surface area contributed by atoms with Crippen molar-refractivity contribution in [2.75, 3.05) is 18.4 Å². The summed E-state index contributed by atoms with van der Waals surface area (Å²) >= 11 is 1.45. The number of thiazole rings is 1. The standard InChI is InChI=1S/C21H22N6OS/c28-20(18-12-29-13-24-18)27-9-5-15(6-10-27)19-17(14-3-7-22-8-4-14)11-23-21(26-19)25-16-1-2-16/h3-4,7-8,11-13,15-16H,1-2,5-6,9-10H2,(H,23,25,26). The third-order valence-electron chi connectivity index (χ3n) is 5.54. The maximum absolute atomic E-state index is 12.6. The number of rotatable bonds is 5. The summed E-state index contributed by atoms with van der Waals surface area (Å²) in [6, 6.07) is 4.50. The summed E-state index contributed by atoms with van der Waals surface area (Å²) in [6.07, 6.45) is 9.65. The van der Waals surface area contributed by atoms with Gasteiger partial charge in [0.1, 0.15) is 5.69 Å². The van der Waals surface area contributed by atoms with Crippen molar-refractivity contribution in [1.82, 2.24) is 24.8 Å². The molecule has 29 heavy (non-hydrogen) atoms. The predicted octanol–water partition coefficient (Wildman–Crippen LogP) is 3.59. The van der Waals surface area contributed by atoms with Gasteiger partial charge in [-0.2, -0.15) is 0 Å². The van der Waals surface area contributed by atoms with Gasteiger partial charge in [-0.05, 0) is 43.4 Å². The second-order valence-electron chi connectivity index (χ2n) is 7.59. The lowest BCUT2D eigenvalue weighted by molar-refractivity contribution is 0.0707. The molecule has 0 aromatic carbocycles. The Morgan fingerprint density at radius 1 is 1.10 bits per heavy atom. The molecule has 7 nitrogen and oxygen atoms in total. The van der Waals surface area contributed by atoms with Gasteiger partial charge in [-0.15, -0.1) is 11.3 Å². The monoisotopic (exact) mass is 406 g/mol. The lowest BCUT2D eigenvalue weighted by Gasteiger charge is -2.32. The smallest absolute Gasteiger partial charge is 0.273 e. The number of pyridine rings is 1. The Morgan fingerprint density at radius 3 is 2.59 bits per heavy atom. The van der Waals surface area contributed by atoms with E-state index in [1.165, 1.54) is 24.2 Å². The molecule has 1 aliphatic carbocycles. The molecule has 1 saturated heterocycles. The zero-order valence-corrected chi connectivity index (χ0v) is 16.8. The van der Waals surface area contributed by atoms with E-state index >= 15 is 0 Å². The molecule has 8 heteroatoms. The molecular weight excluding hydrogens is 384 g/mol. The van der Waals surface area contributed by atoms with E-state index in [2.05, 4.69) is 20.3 Å². The summed E-state index contributed by atoms with van der Waals surface area (Å²) in [5.74, 6) is 1.03. The van der Waals surface area contributed by atoms with Crippen molar-refractivity contribution in [3.8, 4) is 11.1 Å². The van der Waals surface area contributed by atoms with Crippen LogP contribution in [0.2, 0.25) is 0 Å². The second-order valence-corrected chi connectivity index (χ2v) is 8.31. The number of carbonyl (C=O) groups is 1. The van der Waals surface area contributed by atoms with Gasteiger partial charge in [0.2, 0.25) is 5.95 Å². The molecular formula is C21H22N6OS. The maximum Gasteiger partial charge on any atom is 0.273 e. The first-order valence-electron chi connectivity index (χ1n) is 9.99. The number of nitrogens with one attached hydrogen (secondary N) is 1. The van der Waals surface area contributed by atoms with Crippen molar-refractivity contribution >= 4 is 23.2 Å². The van der Waals surface area contributed by atoms with Gasteiger partial charge >= 0.3 is 0 Å². The van der Waals surface area contributed by atoms with Crippen molar-refractivity contribution in [2.24, 2.45) is 0 Å². The van der Waals surface area contributed by atoms with Gasteiger partial charge in [-0.1, -0.05) is 0 Å². The molecule has 1 aliphatic heterocycles. The molecule has 1 N–H and O–H groups in total. The van der Waals surface area contributed by atoms with E-state index in [4.69, 9.17) is 4.98 Å². The summed E-state index contributed by atoms with van der Waals surface area (Å²) in [5, 5.41) is 5.23. The molecule has 5 rings (SSSR count). The normalized spacial score (nSPS) is 17.3. The van der Waals surface area contributed by atoms with Crippen molar-refractivity contribution in [3.63, 3.8) is 0 Å². The van der Waals surface area contributed by atoms with Crippen molar-refractivity contribution in [2.45, 2.75) is 37.6 Å². The Hall–Kier alpha value is -2.87. The van der Waals surface area contributed by atoms with Crippen LogP contribution in [0.5, 0.6) is 0 Å². The Balaban J connectivity index is 1.38. The summed E-state index contributed by atoms with van der Waals surface area (Å²) in [6.45, 7) is 1.43. The number of hydrogen-bond donors (Lipinski definition) is 1. The van der Waals surface area contributed by atoms with Gasteiger partial charge in [0, 0.05) is 54.6 Å². The average molecular weight is 407 g/mol. The molecule has 148 valence electrons. The van der Waals surface area contributed by atoms with Gasteiger partial charge in [-0.3, -0.25) is 9.78 Å². The van der Waals surface area contributed by atoms with Crippen LogP contribution in [0.15, 0.2) is 41.6 Å². The first-order chi connectivity index (χ1) is 14.3. The largest absolute Gasteiger partial charge is 0.351 e. The number of anilines is 1. The van der Waals surface area contributed by atoms with Gasteiger partial charge in [0.25, 0.3) is 5.91 Å². The van der Waals surface area contributed by atoms with Gasteiger partial charge in [0.05, 0.1) is 11.2 Å². The highest BCUT2D eigenvalue weighted by Gasteiger charge is 2.29. The fourth-order valence-electron chi connectivity index (χ4n) is 3.78. The molecule has 2 aliphatic rings. The number of aromatic nitrogens is 4. The average Bonchev–Trinajstić information content (AvgIpc) is 3.42. The number of carbonyl (C=O) groups excluding carboxylic acids is 1. The van der Waals surface area contributed by atoms with E-state index in [0.29, 0.717) is 36.7 Å². The molecule has 4 heterocycles. The Labute approximate surface area is 173 Å². The second kappa shape index (κ2) is 7.87. The van der Waals surface area contributed by atoms with Crippen LogP contribution in [0, 0.1) is 0 Å². The Morgan fingerprint density at radius 2 is 1.90 bits per heavy atom. The molecule has 2 fully saturated rings. The van der Waals surface area contributed by atoms with Gasteiger partial charge in [0.15, 0.2) is 0 Å². The van der Waals surface area contributed by atoms with Crippen molar-refractivity contribution in [1.29, 1.82) is 0 Å². The molecule has 0 bridgehead atoms. The first-order valence-corrected chi connectivity index (χ1v) is 10.9. The quantitative estimate of drug-likeness (QED) is 0.697. The number of hydrogen-bond acceptors (Lipinski definition) is 7. The third-order valence-corrected chi connectivity index (χ3v) is 6.13. The summed E-state index contributed by atoms with van der Waals surface area (Å²) in [5.41, 5.74) is 5.45. The predicted molar refractivity (Wildman–Crippen MR) is 112 cm³/mol. The number of amides is 1. The number of nitrogens with zero attached hydrogens (tertiary/aromatic N) is 5. The minimum absolute atomic E-state index is 0.0258. The fraction of sp³-hybridized carbons (Fsp3) is 0.381. The summed E-state index contributed by atoms with van der Waals surface area (Å²) < 4.78 is 0. The molecule has 0 spiro atoms. The van der Waals surface area contributed by atoms with E-state index in [9.17, 15) is 4.79 Å². The van der Waals surface area contributed by atoms with E-state index in [1.807, 2.05) is 28.6 Å². The summed E-state index contributed by atoms with van der Waals surface area (Å²) in [4.78, 5) is 32.3. The van der Waals surface area contributed by atoms with Crippen molar-refractivity contribution < 1.29 is 4.79 Å². The lowest BCUT2D eigenvalue weighted by Crippen LogP contribution is -2.38. The van der Waals surface area contributed by atoms with Crippen LogP contribution < -0.4 is 5.32 Å². The maximum atomic E-state index is 12.6. The topological polar surface area (TPSA) is 83.9 Å². The van der Waals surface area contributed by atoms with Crippen LogP contribution in [0.4, 0.5) is 5.95 Å². The zero-order chi connectivity index (χ0) is 19.6. The highest BCUT2D eigenvalue weighted by Crippen LogP contribution is 2.35. The zero-order valence-electron chi connectivity index (χ0n) is 16.0. The minimum Gasteiger partial charge on any atom is -0.351 e.